The van der Waals surface area contributed by atoms with Crippen molar-refractivity contribution in [1.82, 2.24) is 0 Å². The van der Waals surface area contributed by atoms with E-state index in [1.54, 1.807) is 0 Å². The van der Waals surface area contributed by atoms with Crippen LogP contribution in [0, 0.1) is 11.6 Å². The van der Waals surface area contributed by atoms with Gasteiger partial charge in [-0.1, -0.05) is 15.9 Å². The highest BCUT2D eigenvalue weighted by Gasteiger charge is 2.17. The number of rotatable bonds is 3. The van der Waals surface area contributed by atoms with Crippen LogP contribution >= 0.6 is 15.9 Å². The smallest absolute Gasteiger partial charge is 0.332 e. The minimum Gasteiger partial charge on any atom is -0.479 e. The number of aliphatic hydroxyl groups excluding tert-OH is 1. The maximum Gasteiger partial charge on any atom is 0.332 e. The molecule has 0 aromatic heterocycles. The first kappa shape index (κ1) is 12.1. The maximum absolute atomic E-state index is 12.8. The molecule has 0 saturated carbocycles. The maximum atomic E-state index is 12.8. The highest BCUT2D eigenvalue weighted by molar-refractivity contribution is 9.10. The van der Waals surface area contributed by atoms with Crippen LogP contribution in [0.3, 0.4) is 0 Å². The van der Waals surface area contributed by atoms with Crippen LogP contribution in [0.2, 0.25) is 0 Å². The van der Waals surface area contributed by atoms with E-state index in [0.717, 1.165) is 12.1 Å². The fraction of sp³-hybridized carbons (Fsp3) is 0.222. The van der Waals surface area contributed by atoms with E-state index in [0.29, 0.717) is 0 Å². The van der Waals surface area contributed by atoms with Crippen LogP contribution < -0.4 is 0 Å². The second-order valence-corrected chi connectivity index (χ2v) is 3.77. The molecule has 6 heteroatoms. The van der Waals surface area contributed by atoms with Gasteiger partial charge in [-0.2, -0.15) is 0 Å². The van der Waals surface area contributed by atoms with Crippen molar-refractivity contribution < 1.29 is 23.8 Å². The molecule has 1 aromatic rings. The quantitative estimate of drug-likeness (QED) is 0.829. The van der Waals surface area contributed by atoms with Crippen molar-refractivity contribution in [1.29, 1.82) is 0 Å². The fourth-order valence-corrected chi connectivity index (χ4v) is 1.49. The van der Waals surface area contributed by atoms with Gasteiger partial charge >= 0.3 is 5.97 Å². The molecule has 0 saturated heterocycles. The van der Waals surface area contributed by atoms with Crippen molar-refractivity contribution in [3.63, 3.8) is 0 Å². The van der Waals surface area contributed by atoms with Gasteiger partial charge in [0, 0.05) is 10.9 Å². The SMILES string of the molecule is O=C(O)C(O)Cc1cc(F)c(F)cc1Br. The van der Waals surface area contributed by atoms with Gasteiger partial charge in [0.2, 0.25) is 0 Å². The molecule has 1 rings (SSSR count). The number of hydrogen-bond donors (Lipinski definition) is 2. The molecular formula is C9H7BrF2O3. The van der Waals surface area contributed by atoms with Crippen molar-refractivity contribution in [2.24, 2.45) is 0 Å². The fourth-order valence-electron chi connectivity index (χ4n) is 1.02. The molecule has 0 amide bonds. The second kappa shape index (κ2) is 4.67. The molecule has 1 aromatic carbocycles. The summed E-state index contributed by atoms with van der Waals surface area (Å²) in [6.07, 6.45) is -1.92. The van der Waals surface area contributed by atoms with Gasteiger partial charge in [-0.15, -0.1) is 0 Å². The molecule has 0 spiro atoms. The number of hydrogen-bond acceptors (Lipinski definition) is 2. The van der Waals surface area contributed by atoms with E-state index in [4.69, 9.17) is 10.2 Å². The zero-order chi connectivity index (χ0) is 11.6. The zero-order valence-corrected chi connectivity index (χ0v) is 8.96. The lowest BCUT2D eigenvalue weighted by Crippen LogP contribution is -2.22. The second-order valence-electron chi connectivity index (χ2n) is 2.92. The summed E-state index contributed by atoms with van der Waals surface area (Å²) in [4.78, 5) is 10.3. The molecule has 1 atom stereocenters. The Bertz CT molecular complexity index is 395. The number of carbonyl (C=O) groups is 1. The number of carboxylic acid groups (broad SMARTS) is 1. The molecule has 0 fully saturated rings. The van der Waals surface area contributed by atoms with Crippen LogP contribution in [-0.2, 0) is 11.2 Å². The summed E-state index contributed by atoms with van der Waals surface area (Å²) in [5, 5.41) is 17.5. The lowest BCUT2D eigenvalue weighted by Gasteiger charge is -2.08. The van der Waals surface area contributed by atoms with E-state index in [2.05, 4.69) is 15.9 Å². The molecule has 0 radical (unpaired) electrons. The Balaban J connectivity index is 2.95. The number of halogens is 3. The zero-order valence-electron chi connectivity index (χ0n) is 7.38. The predicted molar refractivity (Wildman–Crippen MR) is 51.4 cm³/mol. The van der Waals surface area contributed by atoms with Crippen molar-refractivity contribution >= 4 is 21.9 Å². The number of benzene rings is 1. The molecule has 0 aliphatic carbocycles. The van der Waals surface area contributed by atoms with Gasteiger partial charge in [-0.25, -0.2) is 13.6 Å². The molecule has 82 valence electrons. The third-order valence-electron chi connectivity index (χ3n) is 1.79. The minimum atomic E-state index is -1.63. The molecule has 0 aliphatic heterocycles. The molecule has 0 bridgehead atoms. The summed E-state index contributed by atoms with van der Waals surface area (Å²) in [5.74, 6) is -3.52. The van der Waals surface area contributed by atoms with Gasteiger partial charge in [0.25, 0.3) is 0 Å². The van der Waals surface area contributed by atoms with Crippen LogP contribution in [0.5, 0.6) is 0 Å². The topological polar surface area (TPSA) is 57.5 Å². The Hall–Kier alpha value is -1.01. The molecule has 1 unspecified atom stereocenters. The van der Waals surface area contributed by atoms with E-state index in [-0.39, 0.29) is 16.5 Å². The standard InChI is InChI=1S/C9H7BrF2O3/c10-5-3-7(12)6(11)1-4(5)2-8(13)9(14)15/h1,3,8,13H,2H2,(H,14,15). The van der Waals surface area contributed by atoms with E-state index in [1.165, 1.54) is 0 Å². The van der Waals surface area contributed by atoms with E-state index in [1.807, 2.05) is 0 Å². The largest absolute Gasteiger partial charge is 0.479 e. The Morgan fingerprint density at radius 3 is 2.47 bits per heavy atom. The Morgan fingerprint density at radius 1 is 1.40 bits per heavy atom. The summed E-state index contributed by atoms with van der Waals surface area (Å²) >= 11 is 2.95. The summed E-state index contributed by atoms with van der Waals surface area (Å²) < 4.78 is 25.7. The molecule has 0 aliphatic rings. The lowest BCUT2D eigenvalue weighted by molar-refractivity contribution is -0.146. The van der Waals surface area contributed by atoms with Crippen LogP contribution in [0.25, 0.3) is 0 Å². The van der Waals surface area contributed by atoms with Gasteiger partial charge in [0.05, 0.1) is 0 Å². The van der Waals surface area contributed by atoms with Crippen LogP contribution in [0.15, 0.2) is 16.6 Å². The summed E-state index contributed by atoms with van der Waals surface area (Å²) in [6, 6.07) is 1.74. The summed E-state index contributed by atoms with van der Waals surface area (Å²) in [6.45, 7) is 0. The third-order valence-corrected chi connectivity index (χ3v) is 2.53. The Labute approximate surface area is 92.5 Å². The van der Waals surface area contributed by atoms with Crippen molar-refractivity contribution in [2.45, 2.75) is 12.5 Å². The summed E-state index contributed by atoms with van der Waals surface area (Å²) in [7, 11) is 0. The van der Waals surface area contributed by atoms with Crippen molar-refractivity contribution in [3.05, 3.63) is 33.8 Å². The average molecular weight is 281 g/mol. The van der Waals surface area contributed by atoms with Crippen LogP contribution in [0.4, 0.5) is 8.78 Å². The summed E-state index contributed by atoms with van der Waals surface area (Å²) in [5.41, 5.74) is 0.198. The Kier molecular flexibility index (Phi) is 3.76. The first-order chi connectivity index (χ1) is 6.91. The first-order valence-electron chi connectivity index (χ1n) is 3.96. The highest BCUT2D eigenvalue weighted by atomic mass is 79.9. The number of aliphatic hydroxyl groups is 1. The highest BCUT2D eigenvalue weighted by Crippen LogP contribution is 2.21. The van der Waals surface area contributed by atoms with Gasteiger partial charge < -0.3 is 10.2 Å². The van der Waals surface area contributed by atoms with Crippen molar-refractivity contribution in [2.75, 3.05) is 0 Å². The van der Waals surface area contributed by atoms with E-state index < -0.39 is 23.7 Å². The minimum absolute atomic E-state index is 0.198. The van der Waals surface area contributed by atoms with E-state index in [9.17, 15) is 13.6 Å². The van der Waals surface area contributed by atoms with E-state index >= 15 is 0 Å². The molecule has 2 N–H and O–H groups in total. The average Bonchev–Trinajstić information content (AvgIpc) is 2.13. The molecule has 0 heterocycles. The van der Waals surface area contributed by atoms with Gasteiger partial charge in [0.15, 0.2) is 17.7 Å². The first-order valence-corrected chi connectivity index (χ1v) is 4.75. The monoisotopic (exact) mass is 280 g/mol. The van der Waals surface area contributed by atoms with Gasteiger partial charge in [-0.3, -0.25) is 0 Å². The Morgan fingerprint density at radius 2 is 1.93 bits per heavy atom. The van der Waals surface area contributed by atoms with Gasteiger partial charge in [0.1, 0.15) is 0 Å². The molecule has 3 nitrogen and oxygen atoms in total. The molecule has 15 heavy (non-hydrogen) atoms. The van der Waals surface area contributed by atoms with Gasteiger partial charge in [-0.05, 0) is 17.7 Å². The third kappa shape index (κ3) is 2.97. The van der Waals surface area contributed by atoms with Crippen molar-refractivity contribution in [3.8, 4) is 0 Å². The predicted octanol–water partition coefficient (Wildman–Crippen LogP) is 1.72. The number of aliphatic carboxylic acids is 1. The normalized spacial score (nSPS) is 12.5. The van der Waals surface area contributed by atoms with Crippen LogP contribution in [0.1, 0.15) is 5.56 Å². The van der Waals surface area contributed by atoms with Crippen LogP contribution in [-0.4, -0.2) is 22.3 Å². The molecular weight excluding hydrogens is 274 g/mol. The number of carboxylic acids is 1. The lowest BCUT2D eigenvalue weighted by atomic mass is 10.1.